The molecule has 1 amide bonds. The predicted molar refractivity (Wildman–Crippen MR) is 70.3 cm³/mol. The minimum atomic E-state index is -0.858. The number of aliphatic carboxylic acids is 1. The average molecular weight is 286 g/mol. The third-order valence-corrected chi connectivity index (χ3v) is 3.98. The van der Waals surface area contributed by atoms with Crippen molar-refractivity contribution in [3.05, 3.63) is 28.8 Å². The molecule has 96 valence electrons. The van der Waals surface area contributed by atoms with Gasteiger partial charge < -0.3 is 10.0 Å². The van der Waals surface area contributed by atoms with Gasteiger partial charge in [-0.15, -0.1) is 11.8 Å². The normalized spacial score (nSPS) is 15.3. The molecule has 0 spiro atoms. The quantitative estimate of drug-likeness (QED) is 0.865. The van der Waals surface area contributed by atoms with Crippen LogP contribution in [0.5, 0.6) is 0 Å². The van der Waals surface area contributed by atoms with E-state index >= 15 is 0 Å². The zero-order valence-corrected chi connectivity index (χ0v) is 11.3. The maximum atomic E-state index is 12.1. The second-order valence-corrected chi connectivity index (χ2v) is 5.38. The van der Waals surface area contributed by atoms with E-state index in [9.17, 15) is 9.59 Å². The van der Waals surface area contributed by atoms with E-state index in [0.29, 0.717) is 10.6 Å². The maximum Gasteiger partial charge on any atom is 0.310 e. The summed E-state index contributed by atoms with van der Waals surface area (Å²) >= 11 is 7.53. The van der Waals surface area contributed by atoms with Crippen LogP contribution in [-0.2, 0) is 4.79 Å². The number of nitrogens with zero attached hydrogens (tertiary/aromatic N) is 1. The van der Waals surface area contributed by atoms with Crippen LogP contribution in [0.3, 0.4) is 0 Å². The molecule has 2 rings (SSSR count). The number of amides is 1. The van der Waals surface area contributed by atoms with Gasteiger partial charge in [-0.3, -0.25) is 9.59 Å². The van der Waals surface area contributed by atoms with Crippen molar-refractivity contribution in [2.24, 2.45) is 5.92 Å². The van der Waals surface area contributed by atoms with Crippen LogP contribution in [0, 0.1) is 5.92 Å². The highest BCUT2D eigenvalue weighted by atomic mass is 35.5. The molecule has 1 saturated heterocycles. The minimum absolute atomic E-state index is 0.201. The summed E-state index contributed by atoms with van der Waals surface area (Å²) in [5, 5.41) is 9.17. The highest BCUT2D eigenvalue weighted by molar-refractivity contribution is 7.98. The number of carbonyl (C=O) groups is 2. The molecular weight excluding hydrogens is 274 g/mol. The Hall–Kier alpha value is -1.20. The fourth-order valence-corrected chi connectivity index (χ4v) is 2.40. The molecule has 1 heterocycles. The number of hydrogen-bond acceptors (Lipinski definition) is 3. The van der Waals surface area contributed by atoms with Crippen molar-refractivity contribution in [1.82, 2.24) is 4.90 Å². The lowest BCUT2D eigenvalue weighted by Gasteiger charge is -2.36. The Morgan fingerprint density at radius 2 is 2.11 bits per heavy atom. The molecule has 0 radical (unpaired) electrons. The fourth-order valence-electron chi connectivity index (χ4n) is 1.77. The Morgan fingerprint density at radius 3 is 2.67 bits per heavy atom. The molecule has 1 aliphatic heterocycles. The first-order valence-corrected chi connectivity index (χ1v) is 6.99. The zero-order valence-electron chi connectivity index (χ0n) is 9.72. The number of benzene rings is 1. The summed E-state index contributed by atoms with van der Waals surface area (Å²) in [7, 11) is 0. The summed E-state index contributed by atoms with van der Waals surface area (Å²) in [5.74, 6) is -1.51. The smallest absolute Gasteiger partial charge is 0.310 e. The molecule has 1 aromatic rings. The predicted octanol–water partition coefficient (Wildman–Crippen LogP) is 2.22. The number of thioether (sulfide) groups is 1. The third-order valence-electron chi connectivity index (χ3n) is 2.92. The first-order chi connectivity index (χ1) is 8.52. The number of rotatable bonds is 3. The van der Waals surface area contributed by atoms with E-state index in [1.165, 1.54) is 16.7 Å². The molecular formula is C12H12ClNO3S. The second kappa shape index (κ2) is 5.20. The van der Waals surface area contributed by atoms with Crippen LogP contribution in [0.4, 0.5) is 0 Å². The molecule has 1 fully saturated rings. The number of hydrogen-bond donors (Lipinski definition) is 1. The van der Waals surface area contributed by atoms with Crippen molar-refractivity contribution in [3.63, 3.8) is 0 Å². The van der Waals surface area contributed by atoms with Crippen LogP contribution in [0.1, 0.15) is 10.4 Å². The van der Waals surface area contributed by atoms with Gasteiger partial charge in [-0.2, -0.15) is 0 Å². The summed E-state index contributed by atoms with van der Waals surface area (Å²) in [4.78, 5) is 25.3. The summed E-state index contributed by atoms with van der Waals surface area (Å²) in [6, 6.07) is 5.28. The van der Waals surface area contributed by atoms with Crippen molar-refractivity contribution >= 4 is 35.2 Å². The number of carbonyl (C=O) groups excluding carboxylic acids is 1. The molecule has 1 N–H and O–H groups in total. The van der Waals surface area contributed by atoms with Crippen molar-refractivity contribution in [1.29, 1.82) is 0 Å². The van der Waals surface area contributed by atoms with Gasteiger partial charge in [-0.05, 0) is 24.5 Å². The Bertz CT molecular complexity index is 500. The highest BCUT2D eigenvalue weighted by Gasteiger charge is 2.36. The van der Waals surface area contributed by atoms with Crippen LogP contribution < -0.4 is 0 Å². The molecule has 0 atom stereocenters. The summed E-state index contributed by atoms with van der Waals surface area (Å²) in [6.45, 7) is 0.516. The van der Waals surface area contributed by atoms with Gasteiger partial charge in [0.1, 0.15) is 0 Å². The molecule has 0 aromatic heterocycles. The van der Waals surface area contributed by atoms with Crippen molar-refractivity contribution in [3.8, 4) is 0 Å². The zero-order chi connectivity index (χ0) is 13.3. The molecule has 6 heteroatoms. The van der Waals surface area contributed by atoms with E-state index in [1.54, 1.807) is 12.1 Å². The molecule has 0 unspecified atom stereocenters. The van der Waals surface area contributed by atoms with Gasteiger partial charge in [0.05, 0.1) is 16.5 Å². The van der Waals surface area contributed by atoms with Gasteiger partial charge >= 0.3 is 5.97 Å². The lowest BCUT2D eigenvalue weighted by molar-refractivity contribution is -0.146. The van der Waals surface area contributed by atoms with E-state index < -0.39 is 11.9 Å². The molecule has 0 bridgehead atoms. The first kappa shape index (κ1) is 13.2. The first-order valence-electron chi connectivity index (χ1n) is 5.38. The molecule has 1 aliphatic rings. The number of carboxylic acids is 1. The third kappa shape index (κ3) is 2.47. The van der Waals surface area contributed by atoms with E-state index in [0.717, 1.165) is 4.90 Å². The van der Waals surface area contributed by atoms with Crippen LogP contribution >= 0.6 is 23.4 Å². The SMILES string of the molecule is CSc1ccc(Cl)c(C(=O)N2CC(C(=O)O)C2)c1. The van der Waals surface area contributed by atoms with Crippen molar-refractivity contribution < 1.29 is 14.7 Å². The average Bonchev–Trinajstić information content (AvgIpc) is 2.27. The van der Waals surface area contributed by atoms with E-state index in [-0.39, 0.29) is 19.0 Å². The number of halogens is 1. The minimum Gasteiger partial charge on any atom is -0.481 e. The molecule has 4 nitrogen and oxygen atoms in total. The van der Waals surface area contributed by atoms with Gasteiger partial charge in [-0.1, -0.05) is 11.6 Å². The Morgan fingerprint density at radius 1 is 1.44 bits per heavy atom. The Labute approximate surface area is 114 Å². The van der Waals surface area contributed by atoms with Crippen LogP contribution in [-0.4, -0.2) is 41.2 Å². The standard InChI is InChI=1S/C12H12ClNO3S/c1-18-8-2-3-10(13)9(4-8)11(15)14-5-7(6-14)12(16)17/h2-4,7H,5-6H2,1H3,(H,16,17). The van der Waals surface area contributed by atoms with E-state index in [1.807, 2.05) is 12.3 Å². The maximum absolute atomic E-state index is 12.1. The van der Waals surface area contributed by atoms with Gasteiger partial charge in [0.2, 0.25) is 0 Å². The second-order valence-electron chi connectivity index (χ2n) is 4.09. The summed E-state index contributed by atoms with van der Waals surface area (Å²) in [6.07, 6.45) is 1.92. The monoisotopic (exact) mass is 285 g/mol. The van der Waals surface area contributed by atoms with Crippen LogP contribution in [0.15, 0.2) is 23.1 Å². The van der Waals surface area contributed by atoms with E-state index in [4.69, 9.17) is 16.7 Å². The lowest BCUT2D eigenvalue weighted by Crippen LogP contribution is -2.53. The van der Waals surface area contributed by atoms with Gasteiger partial charge in [0.25, 0.3) is 5.91 Å². The molecule has 0 aliphatic carbocycles. The largest absolute Gasteiger partial charge is 0.481 e. The van der Waals surface area contributed by atoms with Crippen LogP contribution in [0.25, 0.3) is 0 Å². The number of likely N-dealkylation sites (tertiary alicyclic amines) is 1. The molecule has 0 saturated carbocycles. The van der Waals surface area contributed by atoms with Gasteiger partial charge in [0, 0.05) is 18.0 Å². The number of carboxylic acid groups (broad SMARTS) is 1. The van der Waals surface area contributed by atoms with Gasteiger partial charge in [-0.25, -0.2) is 0 Å². The Kier molecular flexibility index (Phi) is 3.82. The molecule has 18 heavy (non-hydrogen) atoms. The lowest BCUT2D eigenvalue weighted by atomic mass is 9.99. The molecule has 1 aromatic carbocycles. The summed E-state index contributed by atoms with van der Waals surface area (Å²) < 4.78 is 0. The topological polar surface area (TPSA) is 57.6 Å². The summed E-state index contributed by atoms with van der Waals surface area (Å²) in [5.41, 5.74) is 0.437. The van der Waals surface area contributed by atoms with Crippen LogP contribution in [0.2, 0.25) is 5.02 Å². The van der Waals surface area contributed by atoms with Crippen molar-refractivity contribution in [2.75, 3.05) is 19.3 Å². The Balaban J connectivity index is 2.13. The highest BCUT2D eigenvalue weighted by Crippen LogP contribution is 2.26. The van der Waals surface area contributed by atoms with E-state index in [2.05, 4.69) is 0 Å². The van der Waals surface area contributed by atoms with Crippen molar-refractivity contribution in [2.45, 2.75) is 4.90 Å². The fraction of sp³-hybridized carbons (Fsp3) is 0.333. The van der Waals surface area contributed by atoms with Gasteiger partial charge in [0.15, 0.2) is 0 Å².